The molecule has 1 aliphatic rings. The van der Waals surface area contributed by atoms with Crippen LogP contribution in [0.4, 0.5) is 5.69 Å². The van der Waals surface area contributed by atoms with Crippen LogP contribution in [0.25, 0.3) is 23.0 Å². The lowest BCUT2D eigenvalue weighted by atomic mass is 10.1. The maximum Gasteiger partial charge on any atom is 0.337 e. The van der Waals surface area contributed by atoms with Gasteiger partial charge in [-0.1, -0.05) is 11.6 Å². The van der Waals surface area contributed by atoms with E-state index in [1.165, 1.54) is 18.5 Å². The minimum absolute atomic E-state index is 0.0672. The van der Waals surface area contributed by atoms with Crippen molar-refractivity contribution >= 4 is 40.8 Å². The highest BCUT2D eigenvalue weighted by atomic mass is 35.5. The van der Waals surface area contributed by atoms with Crippen LogP contribution in [0.15, 0.2) is 53.2 Å². The maximum absolute atomic E-state index is 12.2. The first kappa shape index (κ1) is 16.1. The normalized spacial score (nSPS) is 14.3. The van der Waals surface area contributed by atoms with Crippen LogP contribution in [0.1, 0.15) is 21.7 Å². The second kappa shape index (κ2) is 6.16. The standard InChI is InChI=1S/C19H11ClN2O4/c20-12-1-3-16-14(6-12)15(18(23)22-16)7-13-2-4-17(26-13)10-5-11(19(24)25)9-21-8-10/h1-9H,(H,22,23)(H,24,25). The number of furan rings is 1. The van der Waals surface area contributed by atoms with E-state index in [0.29, 0.717) is 38.9 Å². The molecule has 0 saturated carbocycles. The van der Waals surface area contributed by atoms with Gasteiger partial charge in [-0.3, -0.25) is 9.78 Å². The summed E-state index contributed by atoms with van der Waals surface area (Å²) in [5.74, 6) is -0.394. The number of pyridine rings is 1. The summed E-state index contributed by atoms with van der Waals surface area (Å²) in [6, 6.07) is 10.0. The zero-order chi connectivity index (χ0) is 18.3. The van der Waals surface area contributed by atoms with Crippen LogP contribution in [0.5, 0.6) is 0 Å². The van der Waals surface area contributed by atoms with Crippen LogP contribution < -0.4 is 5.32 Å². The molecule has 3 aromatic rings. The summed E-state index contributed by atoms with van der Waals surface area (Å²) in [6.45, 7) is 0. The lowest BCUT2D eigenvalue weighted by Crippen LogP contribution is -2.03. The van der Waals surface area contributed by atoms with Crippen LogP contribution >= 0.6 is 11.6 Å². The first-order chi connectivity index (χ1) is 12.5. The molecule has 0 bridgehead atoms. The van der Waals surface area contributed by atoms with Crippen LogP contribution in [0.3, 0.4) is 0 Å². The van der Waals surface area contributed by atoms with Gasteiger partial charge < -0.3 is 14.8 Å². The van der Waals surface area contributed by atoms with E-state index < -0.39 is 5.97 Å². The van der Waals surface area contributed by atoms with E-state index in [-0.39, 0.29) is 11.5 Å². The molecule has 2 N–H and O–H groups in total. The monoisotopic (exact) mass is 366 g/mol. The number of amides is 1. The molecule has 3 heterocycles. The molecule has 0 spiro atoms. The van der Waals surface area contributed by atoms with Crippen LogP contribution in [-0.4, -0.2) is 22.0 Å². The Morgan fingerprint density at radius 1 is 1.19 bits per heavy atom. The van der Waals surface area contributed by atoms with Gasteiger partial charge in [0.1, 0.15) is 11.5 Å². The number of aromatic carboxylic acids is 1. The van der Waals surface area contributed by atoms with Gasteiger partial charge in [0.2, 0.25) is 0 Å². The van der Waals surface area contributed by atoms with E-state index >= 15 is 0 Å². The summed E-state index contributed by atoms with van der Waals surface area (Å²) in [4.78, 5) is 27.2. The Bertz CT molecular complexity index is 1080. The highest BCUT2D eigenvalue weighted by molar-refractivity contribution is 6.36. The number of anilines is 1. The summed E-state index contributed by atoms with van der Waals surface area (Å²) >= 11 is 6.02. The number of carboxylic acids is 1. The van der Waals surface area contributed by atoms with Crippen molar-refractivity contribution in [3.63, 3.8) is 0 Å². The number of rotatable bonds is 3. The summed E-state index contributed by atoms with van der Waals surface area (Å²) in [5, 5.41) is 12.4. The zero-order valence-electron chi connectivity index (χ0n) is 13.2. The number of fused-ring (bicyclic) bond motifs is 1. The number of carbonyl (C=O) groups is 2. The Morgan fingerprint density at radius 3 is 2.85 bits per heavy atom. The number of halogens is 1. The fourth-order valence-corrected chi connectivity index (χ4v) is 2.90. The summed E-state index contributed by atoms with van der Waals surface area (Å²) in [5.41, 5.74) is 2.44. The molecule has 0 aliphatic carbocycles. The molecule has 0 radical (unpaired) electrons. The van der Waals surface area contributed by atoms with Gasteiger partial charge in [-0.15, -0.1) is 0 Å². The molecule has 26 heavy (non-hydrogen) atoms. The van der Waals surface area contributed by atoms with Crippen LogP contribution in [-0.2, 0) is 4.79 Å². The third kappa shape index (κ3) is 2.87. The Morgan fingerprint density at radius 2 is 2.04 bits per heavy atom. The molecule has 2 aromatic heterocycles. The number of benzene rings is 1. The largest absolute Gasteiger partial charge is 0.478 e. The van der Waals surface area contributed by atoms with Gasteiger partial charge in [0.05, 0.1) is 11.1 Å². The highest BCUT2D eigenvalue weighted by Gasteiger charge is 2.24. The van der Waals surface area contributed by atoms with E-state index in [0.717, 1.165) is 0 Å². The van der Waals surface area contributed by atoms with Crippen LogP contribution in [0.2, 0.25) is 5.02 Å². The molecule has 7 heteroatoms. The fourth-order valence-electron chi connectivity index (χ4n) is 2.72. The molecule has 0 atom stereocenters. The van der Waals surface area contributed by atoms with Crippen molar-refractivity contribution in [1.82, 2.24) is 4.98 Å². The van der Waals surface area contributed by atoms with Crippen LogP contribution in [0, 0.1) is 0 Å². The van der Waals surface area contributed by atoms with Gasteiger partial charge >= 0.3 is 5.97 Å². The van der Waals surface area contributed by atoms with Crippen molar-refractivity contribution in [3.8, 4) is 11.3 Å². The van der Waals surface area contributed by atoms with Crippen molar-refractivity contribution in [3.05, 3.63) is 70.7 Å². The molecule has 6 nitrogen and oxygen atoms in total. The minimum Gasteiger partial charge on any atom is -0.478 e. The first-order valence-electron chi connectivity index (χ1n) is 7.63. The topological polar surface area (TPSA) is 92.4 Å². The molecule has 1 aliphatic heterocycles. The maximum atomic E-state index is 12.2. The van der Waals surface area contributed by atoms with E-state index in [4.69, 9.17) is 21.1 Å². The predicted molar refractivity (Wildman–Crippen MR) is 96.9 cm³/mol. The molecule has 1 amide bonds. The van der Waals surface area contributed by atoms with Gasteiger partial charge in [-0.25, -0.2) is 4.79 Å². The van der Waals surface area contributed by atoms with Crippen molar-refractivity contribution in [2.24, 2.45) is 0 Å². The van der Waals surface area contributed by atoms with Crippen molar-refractivity contribution in [2.75, 3.05) is 5.32 Å². The van der Waals surface area contributed by atoms with Gasteiger partial charge in [0, 0.05) is 34.2 Å². The fraction of sp³-hybridized carbons (Fsp3) is 0. The summed E-state index contributed by atoms with van der Waals surface area (Å²) in [7, 11) is 0. The number of carboxylic acid groups (broad SMARTS) is 1. The molecular formula is C19H11ClN2O4. The van der Waals surface area contributed by atoms with E-state index in [2.05, 4.69) is 10.3 Å². The second-order valence-corrected chi connectivity index (χ2v) is 6.11. The third-order valence-electron chi connectivity index (χ3n) is 3.95. The number of hydrogen-bond acceptors (Lipinski definition) is 4. The number of nitrogens with one attached hydrogen (secondary N) is 1. The zero-order valence-corrected chi connectivity index (χ0v) is 13.9. The van der Waals surface area contributed by atoms with Gasteiger partial charge in [0.15, 0.2) is 0 Å². The smallest absolute Gasteiger partial charge is 0.337 e. The number of aromatic nitrogens is 1. The molecular weight excluding hydrogens is 356 g/mol. The minimum atomic E-state index is -1.07. The van der Waals surface area contributed by atoms with Gasteiger partial charge in [-0.2, -0.15) is 0 Å². The highest BCUT2D eigenvalue weighted by Crippen LogP contribution is 2.35. The predicted octanol–water partition coefficient (Wildman–Crippen LogP) is 4.19. The molecule has 128 valence electrons. The van der Waals surface area contributed by atoms with Crippen molar-refractivity contribution in [2.45, 2.75) is 0 Å². The van der Waals surface area contributed by atoms with Gasteiger partial charge in [-0.05, 0) is 42.5 Å². The SMILES string of the molecule is O=C1Nc2ccc(Cl)cc2C1=Cc1ccc(-c2cncc(C(=O)O)c2)o1. The summed E-state index contributed by atoms with van der Waals surface area (Å²) in [6.07, 6.45) is 4.40. The molecule has 0 fully saturated rings. The number of nitrogens with zero attached hydrogens (tertiary/aromatic N) is 1. The Balaban J connectivity index is 1.71. The third-order valence-corrected chi connectivity index (χ3v) is 4.18. The lowest BCUT2D eigenvalue weighted by molar-refractivity contribution is -0.110. The summed E-state index contributed by atoms with van der Waals surface area (Å²) < 4.78 is 5.74. The average molecular weight is 367 g/mol. The number of hydrogen-bond donors (Lipinski definition) is 2. The molecule has 4 rings (SSSR count). The van der Waals surface area contributed by atoms with E-state index in [9.17, 15) is 9.59 Å². The van der Waals surface area contributed by atoms with E-state index in [1.54, 1.807) is 36.4 Å². The Labute approximate surface area is 152 Å². The number of carbonyl (C=O) groups excluding carboxylic acids is 1. The van der Waals surface area contributed by atoms with E-state index in [1.807, 2.05) is 0 Å². The molecule has 0 unspecified atom stereocenters. The molecule has 1 aromatic carbocycles. The lowest BCUT2D eigenvalue weighted by Gasteiger charge is -1.99. The quantitative estimate of drug-likeness (QED) is 0.678. The Kier molecular flexibility index (Phi) is 3.82. The van der Waals surface area contributed by atoms with Crippen molar-refractivity contribution in [1.29, 1.82) is 0 Å². The average Bonchev–Trinajstić information content (AvgIpc) is 3.21. The Hall–Kier alpha value is -3.38. The first-order valence-corrected chi connectivity index (χ1v) is 8.00. The van der Waals surface area contributed by atoms with Gasteiger partial charge in [0.25, 0.3) is 5.91 Å². The van der Waals surface area contributed by atoms with Crippen molar-refractivity contribution < 1.29 is 19.1 Å². The second-order valence-electron chi connectivity index (χ2n) is 5.67. The molecule has 0 saturated heterocycles.